The zero-order valence-electron chi connectivity index (χ0n) is 6.94. The van der Waals surface area contributed by atoms with E-state index in [0.717, 1.165) is 0 Å². The van der Waals surface area contributed by atoms with E-state index in [1.807, 2.05) is 6.07 Å². The highest BCUT2D eigenvalue weighted by Gasteiger charge is 2.12. The molecule has 0 fully saturated rings. The number of rotatable bonds is 2. The lowest BCUT2D eigenvalue weighted by atomic mass is 10.2. The fraction of sp³-hybridized carbons (Fsp3) is 0.125. The molecule has 0 atom stereocenters. The van der Waals surface area contributed by atoms with Crippen molar-refractivity contribution < 1.29 is 6.35 Å². The molecule has 13 heavy (non-hydrogen) atoms. The Morgan fingerprint density at radius 1 is 1.69 bits per heavy atom. The number of hydrogen-bond donors (Lipinski definition) is 1. The van der Waals surface area contributed by atoms with Crippen molar-refractivity contribution in [3.05, 3.63) is 33.9 Å². The van der Waals surface area contributed by atoms with Gasteiger partial charge in [-0.25, -0.2) is 0 Å². The molecule has 0 radical (unpaired) electrons. The van der Waals surface area contributed by atoms with E-state index < -0.39 is 4.92 Å². The number of benzene rings is 1. The van der Waals surface area contributed by atoms with Gasteiger partial charge in [-0.1, -0.05) is 0 Å². The molecule has 0 aliphatic carbocycles. The second-order valence-corrected chi connectivity index (χ2v) is 2.35. The number of nitrogens with zero attached hydrogens (tertiary/aromatic N) is 2. The Kier molecular flexibility index (Phi) is 2.45. The van der Waals surface area contributed by atoms with Crippen molar-refractivity contribution in [1.29, 1.82) is 5.26 Å². The van der Waals surface area contributed by atoms with Crippen molar-refractivity contribution in [1.82, 2.24) is 0 Å². The summed E-state index contributed by atoms with van der Waals surface area (Å²) in [4.78, 5) is 9.98. The van der Waals surface area contributed by atoms with E-state index in [9.17, 15) is 10.1 Å². The minimum atomic E-state index is -0.521. The van der Waals surface area contributed by atoms with Crippen LogP contribution in [0.4, 0.5) is 11.4 Å². The Morgan fingerprint density at radius 3 is 2.85 bits per heavy atom. The molecule has 0 unspecified atom stereocenters. The molecule has 1 aromatic rings. The van der Waals surface area contributed by atoms with Gasteiger partial charge in [-0.15, -0.1) is 0 Å². The van der Waals surface area contributed by atoms with Gasteiger partial charge in [0.1, 0.15) is 5.69 Å². The van der Waals surface area contributed by atoms with Gasteiger partial charge in [0, 0.05) is 14.5 Å². The Balaban J connectivity index is 0.00000169. The number of nitro benzene ring substituents is 1. The molecule has 0 bridgehead atoms. The Labute approximate surface area is 76.2 Å². The van der Waals surface area contributed by atoms with Crippen molar-refractivity contribution in [2.24, 2.45) is 0 Å². The van der Waals surface area contributed by atoms with Crippen LogP contribution in [0, 0.1) is 21.4 Å². The van der Waals surface area contributed by atoms with Gasteiger partial charge in [0.25, 0.3) is 5.69 Å². The van der Waals surface area contributed by atoms with Crippen molar-refractivity contribution >= 4 is 11.4 Å². The van der Waals surface area contributed by atoms with Crippen LogP contribution < -0.4 is 5.32 Å². The normalized spacial score (nSPS) is 8.92. The molecule has 0 spiro atoms. The molecule has 0 saturated carbocycles. The summed E-state index contributed by atoms with van der Waals surface area (Å²) >= 11 is 0. The summed E-state index contributed by atoms with van der Waals surface area (Å²) in [5, 5.41) is 21.7. The van der Waals surface area contributed by atoms with Gasteiger partial charge < -0.3 is 5.32 Å². The second kappa shape index (κ2) is 3.54. The predicted octanol–water partition coefficient (Wildman–Crippen LogP) is 1.75. The van der Waals surface area contributed by atoms with Crippen LogP contribution in [0.1, 0.15) is 6.99 Å². The van der Waals surface area contributed by atoms with Crippen LogP contribution in [0.5, 0.6) is 0 Å². The summed E-state index contributed by atoms with van der Waals surface area (Å²) in [6, 6.07) is 6.12. The van der Waals surface area contributed by atoms with Crippen molar-refractivity contribution in [2.75, 3.05) is 12.4 Å². The first-order valence-electron chi connectivity index (χ1n) is 3.55. The summed E-state index contributed by atoms with van der Waals surface area (Å²) in [6.07, 6.45) is 0. The minimum Gasteiger partial charge on any atom is -0.383 e. The predicted molar refractivity (Wildman–Crippen MR) is 49.5 cm³/mol. The van der Waals surface area contributed by atoms with Gasteiger partial charge in [0.15, 0.2) is 0 Å². The monoisotopic (exact) mass is 179 g/mol. The van der Waals surface area contributed by atoms with E-state index in [1.165, 1.54) is 18.2 Å². The number of nitro groups is 1. The molecule has 5 nitrogen and oxygen atoms in total. The molecule has 0 aromatic heterocycles. The molecule has 68 valence electrons. The third-order valence-electron chi connectivity index (χ3n) is 1.59. The van der Waals surface area contributed by atoms with Crippen LogP contribution >= 0.6 is 0 Å². The van der Waals surface area contributed by atoms with Crippen molar-refractivity contribution in [3.63, 3.8) is 0 Å². The highest BCUT2D eigenvalue weighted by atomic mass is 16.6. The summed E-state index contributed by atoms with van der Waals surface area (Å²) in [5.41, 5.74) is 0.608. The van der Waals surface area contributed by atoms with Crippen LogP contribution in [-0.4, -0.2) is 12.0 Å². The van der Waals surface area contributed by atoms with Crippen LogP contribution in [0.2, 0.25) is 0 Å². The first-order chi connectivity index (χ1) is 6.19. The Bertz CT molecular complexity index is 387. The van der Waals surface area contributed by atoms with Crippen LogP contribution in [0.15, 0.2) is 18.2 Å². The first kappa shape index (κ1) is 9.00. The molecule has 1 N–H and O–H groups in total. The minimum absolute atomic E-state index is 0. The summed E-state index contributed by atoms with van der Waals surface area (Å²) < 4.78 is 0. The zero-order valence-corrected chi connectivity index (χ0v) is 6.94. The maximum Gasteiger partial charge on any atom is 0.293 e. The van der Waals surface area contributed by atoms with Crippen LogP contribution in [-0.2, 0) is 0 Å². The summed E-state index contributed by atoms with van der Waals surface area (Å²) in [5.74, 6) is 0. The molecule has 0 aliphatic heterocycles. The molecule has 0 saturated heterocycles. The van der Waals surface area contributed by atoms with Gasteiger partial charge in [0.2, 0.25) is 0 Å². The van der Waals surface area contributed by atoms with E-state index in [-0.39, 0.29) is 12.7 Å². The topological polar surface area (TPSA) is 79.0 Å². The first-order valence-corrected chi connectivity index (χ1v) is 3.55. The van der Waals surface area contributed by atoms with Crippen LogP contribution in [0.25, 0.3) is 0 Å². The lowest BCUT2D eigenvalue weighted by Crippen LogP contribution is -1.96. The fourth-order valence-electron chi connectivity index (χ4n) is 0.964. The largest absolute Gasteiger partial charge is 0.383 e. The van der Waals surface area contributed by atoms with Gasteiger partial charge in [-0.05, 0) is 12.1 Å². The molecule has 0 heterocycles. The van der Waals surface area contributed by atoms with Crippen LogP contribution in [0.3, 0.4) is 0 Å². The second-order valence-electron chi connectivity index (χ2n) is 2.35. The molecular weight excluding hydrogens is 170 g/mol. The summed E-state index contributed by atoms with van der Waals surface area (Å²) in [7, 11) is 1.59. The molecule has 1 aromatic carbocycles. The average Bonchev–Trinajstić information content (AvgIpc) is 2.16. The van der Waals surface area contributed by atoms with Crippen molar-refractivity contribution in [3.8, 4) is 6.07 Å². The molecule has 0 amide bonds. The molecular formula is C8H9N3O2. The molecule has 1 rings (SSSR count). The van der Waals surface area contributed by atoms with E-state index >= 15 is 0 Å². The highest BCUT2D eigenvalue weighted by molar-refractivity contribution is 5.63. The summed E-state index contributed by atoms with van der Waals surface area (Å²) in [6.45, 7) is 0. The number of anilines is 1. The molecule has 5 heteroatoms. The number of nitriles is 1. The standard InChI is InChI=1S/C8H7N3O2.H2/c1-10-7-3-2-6(5-9)4-8(7)11(12)13;/h2-4,10H,1H3;1H. The number of nitrogens with one attached hydrogen (secondary N) is 1. The van der Waals surface area contributed by atoms with E-state index in [4.69, 9.17) is 5.26 Å². The highest BCUT2D eigenvalue weighted by Crippen LogP contribution is 2.24. The van der Waals surface area contributed by atoms with Crippen molar-refractivity contribution in [2.45, 2.75) is 0 Å². The van der Waals surface area contributed by atoms with E-state index in [1.54, 1.807) is 7.05 Å². The quantitative estimate of drug-likeness (QED) is 0.554. The maximum atomic E-state index is 10.5. The van der Waals surface area contributed by atoms with Gasteiger partial charge in [-0.2, -0.15) is 5.26 Å². The maximum absolute atomic E-state index is 10.5. The fourth-order valence-corrected chi connectivity index (χ4v) is 0.964. The Morgan fingerprint density at radius 2 is 2.38 bits per heavy atom. The van der Waals surface area contributed by atoms with Gasteiger partial charge in [0.05, 0.1) is 16.6 Å². The Hall–Kier alpha value is -2.09. The zero-order chi connectivity index (χ0) is 9.84. The average molecular weight is 179 g/mol. The SMILES string of the molecule is CNc1ccc(C#N)cc1[N+](=O)[O-].[HH]. The smallest absolute Gasteiger partial charge is 0.293 e. The lowest BCUT2D eigenvalue weighted by Gasteiger charge is -2.00. The third kappa shape index (κ3) is 1.73. The van der Waals surface area contributed by atoms with Gasteiger partial charge >= 0.3 is 0 Å². The number of hydrogen-bond acceptors (Lipinski definition) is 4. The van der Waals surface area contributed by atoms with Gasteiger partial charge in [-0.3, -0.25) is 10.1 Å². The lowest BCUT2D eigenvalue weighted by molar-refractivity contribution is -0.384. The third-order valence-corrected chi connectivity index (χ3v) is 1.59. The van der Waals surface area contributed by atoms with E-state index in [0.29, 0.717) is 5.69 Å². The van der Waals surface area contributed by atoms with E-state index in [2.05, 4.69) is 5.32 Å². The molecule has 0 aliphatic rings.